The van der Waals surface area contributed by atoms with Gasteiger partial charge in [-0.15, -0.1) is 5.10 Å². The number of primary amides is 1. The van der Waals surface area contributed by atoms with Crippen molar-refractivity contribution in [1.29, 1.82) is 0 Å². The van der Waals surface area contributed by atoms with Crippen molar-refractivity contribution < 1.29 is 9.59 Å². The lowest BCUT2D eigenvalue weighted by atomic mass is 9.96. The van der Waals surface area contributed by atoms with Crippen LogP contribution in [0.5, 0.6) is 0 Å². The molecule has 0 bridgehead atoms. The number of carbonyl (C=O) groups is 2. The highest BCUT2D eigenvalue weighted by atomic mass is 32.2. The summed E-state index contributed by atoms with van der Waals surface area (Å²) in [6.07, 6.45) is 2.92. The number of piperidine rings is 1. The minimum atomic E-state index is -0.281. The fourth-order valence-electron chi connectivity index (χ4n) is 2.86. The Hall–Kier alpha value is -2.35. The van der Waals surface area contributed by atoms with Crippen molar-refractivity contribution in [3.8, 4) is 5.69 Å². The van der Waals surface area contributed by atoms with Crippen molar-refractivity contribution in [2.75, 3.05) is 13.1 Å². The Labute approximate surface area is 150 Å². The number of hydrogen-bond donors (Lipinski definition) is 1. The van der Waals surface area contributed by atoms with Gasteiger partial charge < -0.3 is 10.6 Å². The molecular weight excluding hydrogens is 338 g/mol. The normalized spacial score (nSPS) is 16.6. The summed E-state index contributed by atoms with van der Waals surface area (Å²) in [5, 5.41) is 4.71. The van der Waals surface area contributed by atoms with Crippen LogP contribution in [0.4, 0.5) is 0 Å². The molecule has 1 aliphatic heterocycles. The van der Waals surface area contributed by atoms with E-state index in [0.717, 1.165) is 5.69 Å². The molecule has 2 N–H and O–H groups in total. The van der Waals surface area contributed by atoms with Gasteiger partial charge in [-0.05, 0) is 31.9 Å². The molecule has 0 spiro atoms. The van der Waals surface area contributed by atoms with Crippen LogP contribution in [0.3, 0.4) is 0 Å². The number of nitrogens with two attached hydrogens (primary N) is 1. The predicted octanol–water partition coefficient (Wildman–Crippen LogP) is 1.47. The number of amides is 2. The second-order valence-electron chi connectivity index (χ2n) is 6.07. The average Bonchev–Trinajstić information content (AvgIpc) is 3.10. The molecule has 0 saturated carbocycles. The predicted molar refractivity (Wildman–Crippen MR) is 95.2 cm³/mol. The number of likely N-dealkylation sites (tertiary alicyclic amines) is 1. The fraction of sp³-hybridized carbons (Fsp3) is 0.412. The van der Waals surface area contributed by atoms with E-state index >= 15 is 0 Å². The van der Waals surface area contributed by atoms with Gasteiger partial charge >= 0.3 is 0 Å². The van der Waals surface area contributed by atoms with Gasteiger partial charge in [0.05, 0.1) is 10.9 Å². The van der Waals surface area contributed by atoms with E-state index in [1.807, 2.05) is 37.3 Å². The molecule has 1 aromatic carbocycles. The van der Waals surface area contributed by atoms with Crippen molar-refractivity contribution in [2.45, 2.75) is 30.2 Å². The van der Waals surface area contributed by atoms with Gasteiger partial charge in [-0.25, -0.2) is 9.67 Å². The summed E-state index contributed by atoms with van der Waals surface area (Å²) >= 11 is 1.34. The first-order valence-corrected chi connectivity index (χ1v) is 9.14. The van der Waals surface area contributed by atoms with Gasteiger partial charge in [-0.3, -0.25) is 9.59 Å². The number of aromatic nitrogens is 3. The van der Waals surface area contributed by atoms with Crippen molar-refractivity contribution in [3.05, 3.63) is 36.7 Å². The lowest BCUT2D eigenvalue weighted by Crippen LogP contribution is -2.44. The molecule has 1 aliphatic rings. The smallest absolute Gasteiger partial charge is 0.235 e. The minimum absolute atomic E-state index is 0.0454. The Morgan fingerprint density at radius 1 is 1.24 bits per heavy atom. The second kappa shape index (κ2) is 7.69. The molecule has 1 atom stereocenters. The average molecular weight is 359 g/mol. The maximum absolute atomic E-state index is 12.6. The van der Waals surface area contributed by atoms with Crippen LogP contribution < -0.4 is 5.73 Å². The number of para-hydroxylation sites is 1. The van der Waals surface area contributed by atoms with Crippen molar-refractivity contribution in [3.63, 3.8) is 0 Å². The molecule has 2 amide bonds. The van der Waals surface area contributed by atoms with Crippen LogP contribution in [-0.4, -0.2) is 49.8 Å². The Balaban J connectivity index is 1.57. The van der Waals surface area contributed by atoms with E-state index in [9.17, 15) is 9.59 Å². The van der Waals surface area contributed by atoms with Gasteiger partial charge in [-0.1, -0.05) is 30.0 Å². The largest absolute Gasteiger partial charge is 0.369 e. The van der Waals surface area contributed by atoms with Crippen molar-refractivity contribution in [2.24, 2.45) is 11.7 Å². The third kappa shape index (κ3) is 4.19. The molecule has 3 rings (SSSR count). The second-order valence-corrected chi connectivity index (χ2v) is 7.38. The summed E-state index contributed by atoms with van der Waals surface area (Å²) in [4.78, 5) is 29.9. The summed E-state index contributed by atoms with van der Waals surface area (Å²) < 4.78 is 1.69. The fourth-order valence-corrected chi connectivity index (χ4v) is 3.67. The first kappa shape index (κ1) is 17.5. The summed E-state index contributed by atoms with van der Waals surface area (Å²) in [6.45, 7) is 3.00. The molecule has 8 heteroatoms. The van der Waals surface area contributed by atoms with E-state index in [1.54, 1.807) is 15.9 Å². The highest BCUT2D eigenvalue weighted by Crippen LogP contribution is 2.24. The zero-order valence-corrected chi connectivity index (χ0v) is 14.9. The molecule has 132 valence electrons. The SMILES string of the molecule is CC(Sc1ncn(-c2ccccc2)n1)C(=O)N1CCC(C(N)=O)CC1. The van der Waals surface area contributed by atoms with Crippen molar-refractivity contribution >= 4 is 23.6 Å². The van der Waals surface area contributed by atoms with Gasteiger partial charge in [0.1, 0.15) is 6.33 Å². The van der Waals surface area contributed by atoms with E-state index < -0.39 is 0 Å². The van der Waals surface area contributed by atoms with Crippen LogP contribution >= 0.6 is 11.8 Å². The monoisotopic (exact) mass is 359 g/mol. The third-order valence-corrected chi connectivity index (χ3v) is 5.28. The number of thioether (sulfide) groups is 1. The summed E-state index contributed by atoms with van der Waals surface area (Å²) in [5.74, 6) is -0.343. The van der Waals surface area contributed by atoms with E-state index in [4.69, 9.17) is 5.73 Å². The van der Waals surface area contributed by atoms with E-state index in [0.29, 0.717) is 31.1 Å². The number of hydrogen-bond acceptors (Lipinski definition) is 5. The molecule has 1 aromatic heterocycles. The first-order valence-electron chi connectivity index (χ1n) is 8.26. The van der Waals surface area contributed by atoms with Crippen LogP contribution in [-0.2, 0) is 9.59 Å². The third-order valence-electron chi connectivity index (χ3n) is 4.33. The Morgan fingerprint density at radius 2 is 1.92 bits per heavy atom. The number of nitrogens with zero attached hydrogens (tertiary/aromatic N) is 4. The van der Waals surface area contributed by atoms with Gasteiger partial charge in [-0.2, -0.15) is 0 Å². The molecule has 2 aromatic rings. The van der Waals surface area contributed by atoms with Crippen LogP contribution in [0.2, 0.25) is 0 Å². The van der Waals surface area contributed by atoms with Gasteiger partial charge in [0, 0.05) is 19.0 Å². The highest BCUT2D eigenvalue weighted by molar-refractivity contribution is 8.00. The van der Waals surface area contributed by atoms with Crippen LogP contribution in [0.1, 0.15) is 19.8 Å². The molecule has 0 radical (unpaired) electrons. The molecule has 7 nitrogen and oxygen atoms in total. The van der Waals surface area contributed by atoms with E-state index in [1.165, 1.54) is 11.8 Å². The van der Waals surface area contributed by atoms with E-state index in [2.05, 4.69) is 10.1 Å². The molecule has 0 aliphatic carbocycles. The minimum Gasteiger partial charge on any atom is -0.369 e. The topological polar surface area (TPSA) is 94.1 Å². The maximum Gasteiger partial charge on any atom is 0.235 e. The quantitative estimate of drug-likeness (QED) is 0.816. The first-order chi connectivity index (χ1) is 12.0. The number of carbonyl (C=O) groups excluding carboxylic acids is 2. The standard InChI is InChI=1S/C17H21N5O2S/c1-12(16(24)21-9-7-13(8-10-21)15(18)23)25-17-19-11-22(20-17)14-5-3-2-4-6-14/h2-6,11-13H,7-10H2,1H3,(H2,18,23). The molecule has 1 unspecified atom stereocenters. The molecular formula is C17H21N5O2S. The highest BCUT2D eigenvalue weighted by Gasteiger charge is 2.29. The number of rotatable bonds is 5. The van der Waals surface area contributed by atoms with Gasteiger partial charge in [0.2, 0.25) is 17.0 Å². The van der Waals surface area contributed by atoms with E-state index in [-0.39, 0.29) is 23.0 Å². The zero-order chi connectivity index (χ0) is 17.8. The molecule has 2 heterocycles. The van der Waals surface area contributed by atoms with Crippen molar-refractivity contribution in [1.82, 2.24) is 19.7 Å². The van der Waals surface area contributed by atoms with Crippen LogP contribution in [0.25, 0.3) is 5.69 Å². The summed E-state index contributed by atoms with van der Waals surface area (Å²) in [6, 6.07) is 9.71. The maximum atomic E-state index is 12.6. The Bertz CT molecular complexity index is 741. The summed E-state index contributed by atoms with van der Waals surface area (Å²) in [7, 11) is 0. The van der Waals surface area contributed by atoms with Gasteiger partial charge in [0.25, 0.3) is 0 Å². The Kier molecular flexibility index (Phi) is 5.37. The molecule has 1 saturated heterocycles. The summed E-state index contributed by atoms with van der Waals surface area (Å²) in [5.41, 5.74) is 6.26. The lowest BCUT2D eigenvalue weighted by molar-refractivity contribution is -0.134. The molecule has 1 fully saturated rings. The van der Waals surface area contributed by atoms with Crippen LogP contribution in [0, 0.1) is 5.92 Å². The van der Waals surface area contributed by atoms with Gasteiger partial charge in [0.15, 0.2) is 0 Å². The Morgan fingerprint density at radius 3 is 2.56 bits per heavy atom. The number of benzene rings is 1. The lowest BCUT2D eigenvalue weighted by Gasteiger charge is -2.32. The zero-order valence-electron chi connectivity index (χ0n) is 14.0. The van der Waals surface area contributed by atoms with Crippen LogP contribution in [0.15, 0.2) is 41.8 Å². The molecule has 25 heavy (non-hydrogen) atoms.